The van der Waals surface area contributed by atoms with Gasteiger partial charge in [-0.3, -0.25) is 0 Å². The molecule has 2 aromatic rings. The van der Waals surface area contributed by atoms with Gasteiger partial charge in [-0.15, -0.1) is 0 Å². The Labute approximate surface area is 157 Å². The highest BCUT2D eigenvalue weighted by Gasteiger charge is 2.45. The first-order chi connectivity index (χ1) is 13.3. The highest BCUT2D eigenvalue weighted by molar-refractivity contribution is 5.40. The van der Waals surface area contributed by atoms with Crippen LogP contribution in [-0.4, -0.2) is 52.2 Å². The highest BCUT2D eigenvalue weighted by atomic mass is 16.8. The van der Waals surface area contributed by atoms with Crippen LogP contribution in [-0.2, 0) is 14.2 Å². The molecule has 144 valence electrons. The van der Waals surface area contributed by atoms with Crippen molar-refractivity contribution in [2.45, 2.75) is 24.8 Å². The van der Waals surface area contributed by atoms with Crippen LogP contribution in [0.2, 0.25) is 0 Å². The lowest BCUT2D eigenvalue weighted by molar-refractivity contribution is 0.101. The second kappa shape index (κ2) is 8.04. The van der Waals surface area contributed by atoms with E-state index in [4.69, 9.17) is 33.2 Å². The van der Waals surface area contributed by atoms with Gasteiger partial charge in [0.2, 0.25) is 12.6 Å². The lowest BCUT2D eigenvalue weighted by Crippen LogP contribution is -2.14. The highest BCUT2D eigenvalue weighted by Crippen LogP contribution is 2.34. The molecule has 0 bridgehead atoms. The number of methoxy groups -OCH3 is 2. The maximum absolute atomic E-state index is 5.76. The molecule has 0 unspecified atom stereocenters. The van der Waals surface area contributed by atoms with Gasteiger partial charge < -0.3 is 33.2 Å². The van der Waals surface area contributed by atoms with E-state index >= 15 is 0 Å². The van der Waals surface area contributed by atoms with Gasteiger partial charge in [-0.25, -0.2) is 0 Å². The van der Waals surface area contributed by atoms with Crippen LogP contribution < -0.4 is 18.9 Å². The Morgan fingerprint density at radius 2 is 1.07 bits per heavy atom. The Kier molecular flexibility index (Phi) is 5.33. The zero-order chi connectivity index (χ0) is 18.6. The second-order valence-corrected chi connectivity index (χ2v) is 6.16. The third-order valence-electron chi connectivity index (χ3n) is 4.26. The number of ether oxygens (including phenoxy) is 7. The molecule has 0 spiro atoms. The standard InChI is InChI=1S/C20H22O7/c1-21-13-7-3-5-9-15(13)24-19-17(26-19)11-23-12-18-20(27-18)25-16-10-6-4-8-14(16)22-2/h3-10,17-20H,11-12H2,1-2H3/t17-,18+,19-,20-/m1/s1. The Hall–Kier alpha value is -2.48. The number of benzene rings is 2. The first kappa shape index (κ1) is 17.9. The van der Waals surface area contributed by atoms with Crippen molar-refractivity contribution in [1.82, 2.24) is 0 Å². The molecule has 0 aromatic heterocycles. The van der Waals surface area contributed by atoms with E-state index < -0.39 is 0 Å². The van der Waals surface area contributed by atoms with Crippen LogP contribution in [0.3, 0.4) is 0 Å². The summed E-state index contributed by atoms with van der Waals surface area (Å²) in [5.41, 5.74) is 0. The zero-order valence-electron chi connectivity index (χ0n) is 15.2. The van der Waals surface area contributed by atoms with Crippen molar-refractivity contribution >= 4 is 0 Å². The van der Waals surface area contributed by atoms with Crippen molar-refractivity contribution < 1.29 is 33.2 Å². The molecule has 0 N–H and O–H groups in total. The molecule has 2 heterocycles. The number of para-hydroxylation sites is 4. The first-order valence-corrected chi connectivity index (χ1v) is 8.76. The van der Waals surface area contributed by atoms with Crippen LogP contribution in [0.1, 0.15) is 0 Å². The third-order valence-corrected chi connectivity index (χ3v) is 4.26. The van der Waals surface area contributed by atoms with Crippen molar-refractivity contribution in [3.05, 3.63) is 48.5 Å². The Morgan fingerprint density at radius 3 is 1.48 bits per heavy atom. The largest absolute Gasteiger partial charge is 0.493 e. The van der Waals surface area contributed by atoms with Crippen LogP contribution in [0.5, 0.6) is 23.0 Å². The van der Waals surface area contributed by atoms with E-state index in [1.165, 1.54) is 0 Å². The van der Waals surface area contributed by atoms with E-state index in [-0.39, 0.29) is 24.8 Å². The Morgan fingerprint density at radius 1 is 0.667 bits per heavy atom. The molecule has 0 aliphatic carbocycles. The van der Waals surface area contributed by atoms with Gasteiger partial charge in [-0.2, -0.15) is 0 Å². The van der Waals surface area contributed by atoms with E-state index in [1.54, 1.807) is 14.2 Å². The molecule has 2 saturated heterocycles. The molecular weight excluding hydrogens is 352 g/mol. The Balaban J connectivity index is 1.15. The van der Waals surface area contributed by atoms with Crippen LogP contribution in [0.25, 0.3) is 0 Å². The van der Waals surface area contributed by atoms with Gasteiger partial charge in [-0.05, 0) is 24.3 Å². The molecule has 0 amide bonds. The van der Waals surface area contributed by atoms with Gasteiger partial charge in [0, 0.05) is 0 Å². The van der Waals surface area contributed by atoms with Crippen LogP contribution in [0, 0.1) is 0 Å². The molecule has 27 heavy (non-hydrogen) atoms. The summed E-state index contributed by atoms with van der Waals surface area (Å²) in [5, 5.41) is 0. The van der Waals surface area contributed by atoms with Crippen molar-refractivity contribution in [1.29, 1.82) is 0 Å². The van der Waals surface area contributed by atoms with Gasteiger partial charge >= 0.3 is 0 Å². The van der Waals surface area contributed by atoms with E-state index in [9.17, 15) is 0 Å². The summed E-state index contributed by atoms with van der Waals surface area (Å²) in [6.45, 7) is 0.863. The summed E-state index contributed by atoms with van der Waals surface area (Å²) >= 11 is 0. The van der Waals surface area contributed by atoms with E-state index in [0.29, 0.717) is 36.2 Å². The number of rotatable bonds is 10. The maximum Gasteiger partial charge on any atom is 0.229 e. The summed E-state index contributed by atoms with van der Waals surface area (Å²) in [4.78, 5) is 0. The van der Waals surface area contributed by atoms with E-state index in [0.717, 1.165) is 0 Å². The summed E-state index contributed by atoms with van der Waals surface area (Å²) in [5.74, 6) is 2.66. The molecule has 2 aromatic carbocycles. The van der Waals surface area contributed by atoms with Gasteiger partial charge in [0.25, 0.3) is 0 Å². The number of epoxide rings is 2. The van der Waals surface area contributed by atoms with Gasteiger partial charge in [0.1, 0.15) is 12.2 Å². The maximum atomic E-state index is 5.76. The average Bonchev–Trinajstić information content (AvgIpc) is 3.62. The van der Waals surface area contributed by atoms with Crippen molar-refractivity contribution in [3.8, 4) is 23.0 Å². The number of hydrogen-bond acceptors (Lipinski definition) is 7. The van der Waals surface area contributed by atoms with Gasteiger partial charge in [0.05, 0.1) is 27.4 Å². The zero-order valence-corrected chi connectivity index (χ0v) is 15.2. The number of hydrogen-bond donors (Lipinski definition) is 0. The van der Waals surface area contributed by atoms with Crippen LogP contribution in [0.15, 0.2) is 48.5 Å². The fraction of sp³-hybridized carbons (Fsp3) is 0.400. The van der Waals surface area contributed by atoms with E-state index in [2.05, 4.69) is 0 Å². The fourth-order valence-corrected chi connectivity index (χ4v) is 2.68. The minimum absolute atomic E-state index is 0.0951. The lowest BCUT2D eigenvalue weighted by Gasteiger charge is -2.08. The van der Waals surface area contributed by atoms with Crippen LogP contribution in [0.4, 0.5) is 0 Å². The molecule has 2 aliphatic rings. The third kappa shape index (κ3) is 4.44. The lowest BCUT2D eigenvalue weighted by atomic mass is 10.3. The molecule has 2 aliphatic heterocycles. The summed E-state index contributed by atoms with van der Waals surface area (Å²) < 4.78 is 38.7. The van der Waals surface area contributed by atoms with Gasteiger partial charge in [0.15, 0.2) is 23.0 Å². The molecule has 4 rings (SSSR count). The molecule has 2 fully saturated rings. The van der Waals surface area contributed by atoms with Crippen molar-refractivity contribution in [2.24, 2.45) is 0 Å². The molecular formula is C20H22O7. The SMILES string of the molecule is COc1ccccc1O[C@@H]1O[C@H]1COC[C@H]1O[C@H]1Oc1ccccc1OC. The molecule has 7 nitrogen and oxygen atoms in total. The average molecular weight is 374 g/mol. The predicted octanol–water partition coefficient (Wildman–Crippen LogP) is 2.63. The fourth-order valence-electron chi connectivity index (χ4n) is 2.68. The molecule has 7 heteroatoms. The normalized spacial score (nSPS) is 25.6. The topological polar surface area (TPSA) is 71.2 Å². The summed E-state index contributed by atoms with van der Waals surface area (Å²) in [7, 11) is 3.21. The summed E-state index contributed by atoms with van der Waals surface area (Å²) in [6, 6.07) is 14.9. The monoisotopic (exact) mass is 374 g/mol. The molecule has 0 radical (unpaired) electrons. The quantitative estimate of drug-likeness (QED) is 0.592. The summed E-state index contributed by atoms with van der Waals surface area (Å²) in [6.07, 6.45) is -0.825. The van der Waals surface area contributed by atoms with E-state index in [1.807, 2.05) is 48.5 Å². The first-order valence-electron chi connectivity index (χ1n) is 8.76. The predicted molar refractivity (Wildman–Crippen MR) is 95.4 cm³/mol. The van der Waals surface area contributed by atoms with Gasteiger partial charge in [-0.1, -0.05) is 24.3 Å². The van der Waals surface area contributed by atoms with Crippen molar-refractivity contribution in [3.63, 3.8) is 0 Å². The smallest absolute Gasteiger partial charge is 0.229 e. The van der Waals surface area contributed by atoms with Crippen molar-refractivity contribution in [2.75, 3.05) is 27.4 Å². The minimum Gasteiger partial charge on any atom is -0.493 e. The molecule has 0 saturated carbocycles. The Bertz CT molecular complexity index is 702. The molecule has 4 atom stereocenters. The second-order valence-electron chi connectivity index (χ2n) is 6.16. The van der Waals surface area contributed by atoms with Crippen LogP contribution >= 0.6 is 0 Å². The minimum atomic E-state index is -0.318.